The monoisotopic (exact) mass is 230 g/mol. The molecule has 1 aromatic heterocycles. The number of nitrogens with zero attached hydrogens (tertiary/aromatic N) is 1. The van der Waals surface area contributed by atoms with E-state index in [9.17, 15) is 13.2 Å². The van der Waals surface area contributed by atoms with E-state index in [4.69, 9.17) is 10.2 Å². The van der Waals surface area contributed by atoms with Crippen molar-refractivity contribution in [2.24, 2.45) is 5.14 Å². The van der Waals surface area contributed by atoms with E-state index in [2.05, 4.69) is 4.98 Å². The maximum atomic E-state index is 10.9. The van der Waals surface area contributed by atoms with Crippen molar-refractivity contribution in [3.05, 3.63) is 24.0 Å². The lowest BCUT2D eigenvalue weighted by atomic mass is 10.1. The van der Waals surface area contributed by atoms with Crippen LogP contribution in [0.5, 0.6) is 0 Å². The second kappa shape index (κ2) is 3.95. The molecule has 0 fully saturated rings. The van der Waals surface area contributed by atoms with Crippen LogP contribution >= 0.6 is 0 Å². The van der Waals surface area contributed by atoms with Crippen molar-refractivity contribution >= 4 is 16.0 Å². The number of hydrogen-bond acceptors (Lipinski definition) is 4. The molecule has 1 heterocycles. The molecule has 1 rings (SSSR count). The van der Waals surface area contributed by atoms with E-state index in [0.29, 0.717) is 0 Å². The lowest BCUT2D eigenvalue weighted by Crippen LogP contribution is -2.14. The van der Waals surface area contributed by atoms with Crippen LogP contribution < -0.4 is 5.14 Å². The number of sulfonamides is 1. The summed E-state index contributed by atoms with van der Waals surface area (Å²) in [6, 6.07) is 2.57. The van der Waals surface area contributed by atoms with Crippen molar-refractivity contribution in [3.8, 4) is 0 Å². The molecule has 1 atom stereocenters. The Kier molecular flexibility index (Phi) is 3.06. The molecule has 0 saturated carbocycles. The number of hydrogen-bond donors (Lipinski definition) is 2. The molecular weight excluding hydrogens is 220 g/mol. The molecule has 6 nitrogen and oxygen atoms in total. The second-order valence-corrected chi connectivity index (χ2v) is 4.59. The first-order chi connectivity index (χ1) is 6.82. The number of primary sulfonamides is 1. The Hall–Kier alpha value is -1.47. The van der Waals surface area contributed by atoms with Crippen molar-refractivity contribution in [2.45, 2.75) is 17.7 Å². The first-order valence-corrected chi connectivity index (χ1v) is 5.58. The third-order valence-electron chi connectivity index (χ3n) is 1.90. The standard InChI is InChI=1S/C8H10N2O4S/c1-5(8(11)12)7-3-2-6(4-10-7)15(9,13)14/h2-5H,1H3,(H,11,12)(H2,9,13,14). The van der Waals surface area contributed by atoms with Gasteiger partial charge in [-0.05, 0) is 19.1 Å². The zero-order chi connectivity index (χ0) is 11.6. The van der Waals surface area contributed by atoms with Crippen molar-refractivity contribution < 1.29 is 18.3 Å². The van der Waals surface area contributed by atoms with Crippen LogP contribution in [0.1, 0.15) is 18.5 Å². The van der Waals surface area contributed by atoms with Gasteiger partial charge in [-0.25, -0.2) is 13.6 Å². The molecule has 3 N–H and O–H groups in total. The molecule has 1 aromatic rings. The third-order valence-corrected chi connectivity index (χ3v) is 2.80. The molecule has 0 aliphatic heterocycles. The first-order valence-electron chi connectivity index (χ1n) is 4.04. The lowest BCUT2D eigenvalue weighted by molar-refractivity contribution is -0.138. The van der Waals surface area contributed by atoms with Crippen LogP contribution in [0.25, 0.3) is 0 Å². The zero-order valence-corrected chi connectivity index (χ0v) is 8.73. The molecule has 0 bridgehead atoms. The summed E-state index contributed by atoms with van der Waals surface area (Å²) in [5, 5.41) is 13.5. The van der Waals surface area contributed by atoms with E-state index < -0.39 is 21.9 Å². The van der Waals surface area contributed by atoms with Crippen molar-refractivity contribution in [3.63, 3.8) is 0 Å². The molecule has 7 heteroatoms. The Labute approximate surface area is 86.8 Å². The predicted octanol–water partition coefficient (Wildman–Crippen LogP) is -0.0829. The summed E-state index contributed by atoms with van der Waals surface area (Å²) in [7, 11) is -3.78. The fraction of sp³-hybridized carbons (Fsp3) is 0.250. The van der Waals surface area contributed by atoms with Gasteiger partial charge in [-0.3, -0.25) is 9.78 Å². The highest BCUT2D eigenvalue weighted by molar-refractivity contribution is 7.89. The average Bonchev–Trinajstić information content (AvgIpc) is 2.15. The highest BCUT2D eigenvalue weighted by Crippen LogP contribution is 2.14. The molecule has 0 saturated heterocycles. The Morgan fingerprint density at radius 2 is 2.13 bits per heavy atom. The van der Waals surface area contributed by atoms with E-state index in [1.165, 1.54) is 19.1 Å². The van der Waals surface area contributed by atoms with Gasteiger partial charge in [0.2, 0.25) is 10.0 Å². The van der Waals surface area contributed by atoms with E-state index in [-0.39, 0.29) is 10.6 Å². The lowest BCUT2D eigenvalue weighted by Gasteiger charge is -2.05. The number of nitrogens with two attached hydrogens (primary N) is 1. The van der Waals surface area contributed by atoms with Crippen LogP contribution in [-0.2, 0) is 14.8 Å². The van der Waals surface area contributed by atoms with Gasteiger partial charge in [-0.2, -0.15) is 0 Å². The SMILES string of the molecule is CC(C(=O)O)c1ccc(S(N)(=O)=O)cn1. The summed E-state index contributed by atoms with van der Waals surface area (Å²) >= 11 is 0. The molecule has 82 valence electrons. The minimum atomic E-state index is -3.78. The molecule has 1 unspecified atom stereocenters. The summed E-state index contributed by atoms with van der Waals surface area (Å²) < 4.78 is 21.7. The van der Waals surface area contributed by atoms with Gasteiger partial charge in [0.05, 0.1) is 11.6 Å². The Bertz CT molecular complexity index is 466. The summed E-state index contributed by atoms with van der Waals surface area (Å²) in [5.74, 6) is -1.80. The minimum Gasteiger partial charge on any atom is -0.481 e. The molecule has 0 amide bonds. The van der Waals surface area contributed by atoms with Crippen molar-refractivity contribution in [1.29, 1.82) is 0 Å². The van der Waals surface area contributed by atoms with Crippen molar-refractivity contribution in [2.75, 3.05) is 0 Å². The van der Waals surface area contributed by atoms with Crippen LogP contribution in [0, 0.1) is 0 Å². The quantitative estimate of drug-likeness (QED) is 0.754. The van der Waals surface area contributed by atoms with Crippen LogP contribution in [0.2, 0.25) is 0 Å². The molecule has 0 aliphatic carbocycles. The normalized spacial score (nSPS) is 13.5. The topological polar surface area (TPSA) is 110 Å². The molecule has 0 aliphatic rings. The number of carbonyl (C=O) groups is 1. The number of carboxylic acids is 1. The van der Waals surface area contributed by atoms with Crippen LogP contribution in [-0.4, -0.2) is 24.5 Å². The molecule has 0 spiro atoms. The van der Waals surface area contributed by atoms with Crippen LogP contribution in [0.3, 0.4) is 0 Å². The smallest absolute Gasteiger partial charge is 0.312 e. The predicted molar refractivity (Wildman–Crippen MR) is 51.7 cm³/mol. The second-order valence-electron chi connectivity index (χ2n) is 3.02. The van der Waals surface area contributed by atoms with Gasteiger partial charge in [0.15, 0.2) is 0 Å². The number of rotatable bonds is 3. The van der Waals surface area contributed by atoms with Gasteiger partial charge < -0.3 is 5.11 Å². The number of pyridine rings is 1. The molecular formula is C8H10N2O4S. The maximum Gasteiger partial charge on any atom is 0.312 e. The maximum absolute atomic E-state index is 10.9. The largest absolute Gasteiger partial charge is 0.481 e. The number of carboxylic acid groups (broad SMARTS) is 1. The molecule has 0 radical (unpaired) electrons. The van der Waals surface area contributed by atoms with Gasteiger partial charge in [0.1, 0.15) is 4.90 Å². The van der Waals surface area contributed by atoms with E-state index in [1.807, 2.05) is 0 Å². The van der Waals surface area contributed by atoms with Gasteiger partial charge in [-0.15, -0.1) is 0 Å². The fourth-order valence-electron chi connectivity index (χ4n) is 0.943. The highest BCUT2D eigenvalue weighted by Gasteiger charge is 2.16. The Morgan fingerprint density at radius 3 is 2.47 bits per heavy atom. The Balaban J connectivity index is 3.06. The number of aliphatic carboxylic acids is 1. The highest BCUT2D eigenvalue weighted by atomic mass is 32.2. The van der Waals surface area contributed by atoms with Crippen LogP contribution in [0.15, 0.2) is 23.2 Å². The zero-order valence-electron chi connectivity index (χ0n) is 7.91. The third kappa shape index (κ3) is 2.74. The van der Waals surface area contributed by atoms with Gasteiger partial charge >= 0.3 is 5.97 Å². The van der Waals surface area contributed by atoms with Crippen LogP contribution in [0.4, 0.5) is 0 Å². The van der Waals surface area contributed by atoms with Crippen molar-refractivity contribution in [1.82, 2.24) is 4.98 Å². The minimum absolute atomic E-state index is 0.135. The summed E-state index contributed by atoms with van der Waals surface area (Å²) in [5.41, 5.74) is 0.287. The van der Waals surface area contributed by atoms with Gasteiger partial charge in [0.25, 0.3) is 0 Å². The molecule has 15 heavy (non-hydrogen) atoms. The number of aromatic nitrogens is 1. The Morgan fingerprint density at radius 1 is 1.53 bits per heavy atom. The summed E-state index contributed by atoms with van der Waals surface area (Å²) in [4.78, 5) is 14.2. The van der Waals surface area contributed by atoms with Gasteiger partial charge in [-0.1, -0.05) is 0 Å². The first kappa shape index (κ1) is 11.6. The summed E-state index contributed by atoms with van der Waals surface area (Å²) in [6.45, 7) is 1.46. The van der Waals surface area contributed by atoms with E-state index >= 15 is 0 Å². The van der Waals surface area contributed by atoms with E-state index in [0.717, 1.165) is 6.20 Å². The summed E-state index contributed by atoms with van der Waals surface area (Å²) in [6.07, 6.45) is 1.05. The van der Waals surface area contributed by atoms with Gasteiger partial charge in [0, 0.05) is 6.20 Å². The molecule has 0 aromatic carbocycles. The fourth-order valence-corrected chi connectivity index (χ4v) is 1.40. The average molecular weight is 230 g/mol. The van der Waals surface area contributed by atoms with E-state index in [1.54, 1.807) is 0 Å².